The van der Waals surface area contributed by atoms with Crippen LogP contribution in [0.15, 0.2) is 30.3 Å². The zero-order chi connectivity index (χ0) is 11.1. The first kappa shape index (κ1) is 11.9. The number of aliphatic hydroxyl groups is 1. The van der Waals surface area contributed by atoms with Crippen LogP contribution < -0.4 is 0 Å². The van der Waals surface area contributed by atoms with Crippen molar-refractivity contribution in [2.75, 3.05) is 13.2 Å². The molecule has 0 saturated heterocycles. The van der Waals surface area contributed by atoms with E-state index >= 15 is 0 Å². The molecule has 0 aliphatic heterocycles. The first-order chi connectivity index (χ1) is 7.20. The molecule has 0 aliphatic carbocycles. The second kappa shape index (κ2) is 6.32. The monoisotopic (exact) mass is 208 g/mol. The molecule has 3 nitrogen and oxygen atoms in total. The number of carbonyl (C=O) groups excluding carboxylic acids is 1. The zero-order valence-corrected chi connectivity index (χ0v) is 8.85. The fourth-order valence-electron chi connectivity index (χ4n) is 1.13. The predicted octanol–water partition coefficient (Wildman–Crippen LogP) is 1.66. The minimum Gasteiger partial charge on any atom is -0.393 e. The van der Waals surface area contributed by atoms with Crippen molar-refractivity contribution in [3.05, 3.63) is 35.9 Å². The van der Waals surface area contributed by atoms with Gasteiger partial charge in [0.05, 0.1) is 6.10 Å². The van der Waals surface area contributed by atoms with Gasteiger partial charge in [-0.05, 0) is 13.3 Å². The molecule has 0 amide bonds. The summed E-state index contributed by atoms with van der Waals surface area (Å²) in [6.07, 6.45) is 0.180. The van der Waals surface area contributed by atoms with Gasteiger partial charge in [-0.15, -0.1) is 0 Å². The second-order valence-electron chi connectivity index (χ2n) is 3.48. The third-order valence-electron chi connectivity index (χ3n) is 2.01. The molecule has 1 unspecified atom stereocenters. The third kappa shape index (κ3) is 4.72. The molecule has 1 aromatic carbocycles. The number of hydrogen-bond acceptors (Lipinski definition) is 3. The van der Waals surface area contributed by atoms with Crippen LogP contribution in [0.5, 0.6) is 0 Å². The SMILES string of the molecule is CC(O)CCOCC(=O)c1ccccc1. The van der Waals surface area contributed by atoms with Gasteiger partial charge in [0.2, 0.25) is 0 Å². The first-order valence-corrected chi connectivity index (χ1v) is 5.04. The molecule has 0 aromatic heterocycles. The van der Waals surface area contributed by atoms with E-state index in [-0.39, 0.29) is 18.5 Å². The van der Waals surface area contributed by atoms with E-state index in [4.69, 9.17) is 9.84 Å². The molecule has 0 aliphatic rings. The average molecular weight is 208 g/mol. The van der Waals surface area contributed by atoms with Crippen LogP contribution >= 0.6 is 0 Å². The molecule has 0 radical (unpaired) electrons. The highest BCUT2D eigenvalue weighted by Gasteiger charge is 2.04. The largest absolute Gasteiger partial charge is 0.393 e. The van der Waals surface area contributed by atoms with E-state index in [1.54, 1.807) is 19.1 Å². The molecule has 3 heteroatoms. The molecule has 0 heterocycles. The van der Waals surface area contributed by atoms with Crippen LogP contribution in [0.25, 0.3) is 0 Å². The third-order valence-corrected chi connectivity index (χ3v) is 2.01. The summed E-state index contributed by atoms with van der Waals surface area (Å²) in [5.74, 6) is -0.0267. The molecule has 15 heavy (non-hydrogen) atoms. The van der Waals surface area contributed by atoms with Crippen molar-refractivity contribution >= 4 is 5.78 Å². The summed E-state index contributed by atoms with van der Waals surface area (Å²) in [5, 5.41) is 8.97. The molecular formula is C12H16O3. The molecule has 0 saturated carbocycles. The maximum Gasteiger partial charge on any atom is 0.188 e. The number of carbonyl (C=O) groups is 1. The Kier molecular flexibility index (Phi) is 5.01. The summed E-state index contributed by atoms with van der Waals surface area (Å²) >= 11 is 0. The predicted molar refractivity (Wildman–Crippen MR) is 57.9 cm³/mol. The quantitative estimate of drug-likeness (QED) is 0.571. The van der Waals surface area contributed by atoms with Crippen molar-refractivity contribution in [1.82, 2.24) is 0 Å². The summed E-state index contributed by atoms with van der Waals surface area (Å²) in [5.41, 5.74) is 0.662. The summed E-state index contributed by atoms with van der Waals surface area (Å²) in [6, 6.07) is 9.04. The molecule has 1 N–H and O–H groups in total. The number of hydrogen-bond donors (Lipinski definition) is 1. The van der Waals surface area contributed by atoms with Crippen LogP contribution in [-0.2, 0) is 4.74 Å². The van der Waals surface area contributed by atoms with Gasteiger partial charge >= 0.3 is 0 Å². The van der Waals surface area contributed by atoms with Crippen molar-refractivity contribution in [3.8, 4) is 0 Å². The van der Waals surface area contributed by atoms with Crippen LogP contribution in [0.3, 0.4) is 0 Å². The number of Topliss-reactive ketones (excluding diaryl/α,β-unsaturated/α-hetero) is 1. The highest BCUT2D eigenvalue weighted by Crippen LogP contribution is 2.00. The van der Waals surface area contributed by atoms with Crippen LogP contribution in [0.4, 0.5) is 0 Å². The highest BCUT2D eigenvalue weighted by atomic mass is 16.5. The van der Waals surface area contributed by atoms with E-state index in [1.807, 2.05) is 18.2 Å². The van der Waals surface area contributed by atoms with Gasteiger partial charge in [-0.25, -0.2) is 0 Å². The van der Waals surface area contributed by atoms with E-state index in [9.17, 15) is 4.79 Å². The molecule has 1 atom stereocenters. The topological polar surface area (TPSA) is 46.5 Å². The van der Waals surface area contributed by atoms with Crippen molar-refractivity contribution in [2.45, 2.75) is 19.4 Å². The van der Waals surface area contributed by atoms with Crippen molar-refractivity contribution in [3.63, 3.8) is 0 Å². The van der Waals surface area contributed by atoms with Crippen LogP contribution in [0, 0.1) is 0 Å². The summed E-state index contributed by atoms with van der Waals surface area (Å²) in [6.45, 7) is 2.19. The van der Waals surface area contributed by atoms with Crippen LogP contribution in [0.2, 0.25) is 0 Å². The van der Waals surface area contributed by atoms with Crippen molar-refractivity contribution in [1.29, 1.82) is 0 Å². The number of benzene rings is 1. The Balaban J connectivity index is 2.25. The minimum atomic E-state index is -0.378. The lowest BCUT2D eigenvalue weighted by Gasteiger charge is -2.05. The van der Waals surface area contributed by atoms with E-state index in [0.717, 1.165) is 0 Å². The number of rotatable bonds is 6. The lowest BCUT2D eigenvalue weighted by Crippen LogP contribution is -2.12. The highest BCUT2D eigenvalue weighted by molar-refractivity contribution is 5.96. The molecule has 0 bridgehead atoms. The van der Waals surface area contributed by atoms with Crippen molar-refractivity contribution < 1.29 is 14.6 Å². The van der Waals surface area contributed by atoms with Gasteiger partial charge < -0.3 is 9.84 Å². The summed E-state index contributed by atoms with van der Waals surface area (Å²) < 4.78 is 5.15. The van der Waals surface area contributed by atoms with Gasteiger partial charge in [0.1, 0.15) is 6.61 Å². The summed E-state index contributed by atoms with van der Waals surface area (Å²) in [7, 11) is 0. The molecule has 0 fully saturated rings. The molecular weight excluding hydrogens is 192 g/mol. The lowest BCUT2D eigenvalue weighted by atomic mass is 10.1. The van der Waals surface area contributed by atoms with Gasteiger partial charge in [-0.3, -0.25) is 4.79 Å². The zero-order valence-electron chi connectivity index (χ0n) is 8.85. The Morgan fingerprint density at radius 2 is 2.07 bits per heavy atom. The normalized spacial score (nSPS) is 12.4. The lowest BCUT2D eigenvalue weighted by molar-refractivity contribution is 0.0661. The maximum absolute atomic E-state index is 11.5. The molecule has 82 valence electrons. The molecule has 1 aromatic rings. The second-order valence-corrected chi connectivity index (χ2v) is 3.48. The fourth-order valence-corrected chi connectivity index (χ4v) is 1.13. The average Bonchev–Trinajstić information content (AvgIpc) is 2.25. The van der Waals surface area contributed by atoms with E-state index in [1.165, 1.54) is 0 Å². The Hall–Kier alpha value is -1.19. The van der Waals surface area contributed by atoms with Gasteiger partial charge in [-0.1, -0.05) is 30.3 Å². The fraction of sp³-hybridized carbons (Fsp3) is 0.417. The van der Waals surface area contributed by atoms with Gasteiger partial charge in [0, 0.05) is 12.2 Å². The smallest absolute Gasteiger partial charge is 0.188 e. The standard InChI is InChI=1S/C12H16O3/c1-10(13)7-8-15-9-12(14)11-5-3-2-4-6-11/h2-6,10,13H,7-9H2,1H3. The molecule has 0 spiro atoms. The first-order valence-electron chi connectivity index (χ1n) is 5.04. The van der Waals surface area contributed by atoms with Crippen LogP contribution in [-0.4, -0.2) is 30.2 Å². The van der Waals surface area contributed by atoms with E-state index < -0.39 is 0 Å². The van der Waals surface area contributed by atoms with E-state index in [0.29, 0.717) is 18.6 Å². The Morgan fingerprint density at radius 1 is 1.40 bits per heavy atom. The van der Waals surface area contributed by atoms with Gasteiger partial charge in [-0.2, -0.15) is 0 Å². The minimum absolute atomic E-state index is 0.0267. The van der Waals surface area contributed by atoms with Crippen molar-refractivity contribution in [2.24, 2.45) is 0 Å². The summed E-state index contributed by atoms with van der Waals surface area (Å²) in [4.78, 5) is 11.5. The van der Waals surface area contributed by atoms with E-state index in [2.05, 4.69) is 0 Å². The Bertz CT molecular complexity index is 293. The van der Waals surface area contributed by atoms with Gasteiger partial charge in [0.15, 0.2) is 5.78 Å². The number of aliphatic hydroxyl groups excluding tert-OH is 1. The number of ether oxygens (including phenoxy) is 1. The van der Waals surface area contributed by atoms with Crippen LogP contribution in [0.1, 0.15) is 23.7 Å². The molecule has 1 rings (SSSR count). The Morgan fingerprint density at radius 3 is 2.67 bits per heavy atom. The Labute approximate surface area is 89.7 Å². The number of ketones is 1. The van der Waals surface area contributed by atoms with Gasteiger partial charge in [0.25, 0.3) is 0 Å². The maximum atomic E-state index is 11.5.